The smallest absolute Gasteiger partial charge is 0.249 e. The summed E-state index contributed by atoms with van der Waals surface area (Å²) in [6.45, 7) is 5.54. The zero-order chi connectivity index (χ0) is 15.7. The van der Waals surface area contributed by atoms with Gasteiger partial charge in [0.2, 0.25) is 11.8 Å². The second kappa shape index (κ2) is 5.99. The van der Waals surface area contributed by atoms with E-state index >= 15 is 0 Å². The second-order valence-electron chi connectivity index (χ2n) is 5.90. The number of ether oxygens (including phenoxy) is 1. The van der Waals surface area contributed by atoms with Gasteiger partial charge in [-0.1, -0.05) is 0 Å². The highest BCUT2D eigenvalue weighted by molar-refractivity contribution is 6.00. The third-order valence-corrected chi connectivity index (χ3v) is 4.32. The van der Waals surface area contributed by atoms with Crippen molar-refractivity contribution in [3.8, 4) is 5.75 Å². The van der Waals surface area contributed by atoms with Crippen LogP contribution in [-0.4, -0.2) is 42.5 Å². The van der Waals surface area contributed by atoms with E-state index < -0.39 is 0 Å². The molecular formula is C17H22N2O3. The standard InChI is InChI=1S/C17H22N2O3/c1-3-22-15-8-6-14(7-9-15)19-11-10-18(12(2)16(19)20)17(21)13-4-5-13/h6-9,12-13H,3-5,10-11H2,1-2H3/t12-/m0/s1. The lowest BCUT2D eigenvalue weighted by atomic mass is 10.1. The fourth-order valence-electron chi connectivity index (χ4n) is 2.88. The molecule has 3 rings (SSSR count). The van der Waals surface area contributed by atoms with Crippen LogP contribution in [-0.2, 0) is 9.59 Å². The summed E-state index contributed by atoms with van der Waals surface area (Å²) in [5.41, 5.74) is 0.860. The van der Waals surface area contributed by atoms with Crippen molar-refractivity contribution < 1.29 is 14.3 Å². The monoisotopic (exact) mass is 302 g/mol. The van der Waals surface area contributed by atoms with Gasteiger partial charge in [0.25, 0.3) is 0 Å². The normalized spacial score (nSPS) is 21.9. The number of rotatable bonds is 4. The molecule has 1 saturated carbocycles. The van der Waals surface area contributed by atoms with Crippen LogP contribution in [0.25, 0.3) is 0 Å². The Kier molecular flexibility index (Phi) is 4.05. The van der Waals surface area contributed by atoms with Gasteiger partial charge >= 0.3 is 0 Å². The van der Waals surface area contributed by atoms with Gasteiger partial charge in [-0.3, -0.25) is 9.59 Å². The third-order valence-electron chi connectivity index (χ3n) is 4.32. The van der Waals surface area contributed by atoms with Crippen molar-refractivity contribution in [3.63, 3.8) is 0 Å². The molecule has 5 nitrogen and oxygen atoms in total. The summed E-state index contributed by atoms with van der Waals surface area (Å²) in [4.78, 5) is 28.3. The third kappa shape index (κ3) is 2.80. The molecule has 0 N–H and O–H groups in total. The first-order chi connectivity index (χ1) is 10.6. The SMILES string of the molecule is CCOc1ccc(N2CCN(C(=O)C3CC3)[C@@H](C)C2=O)cc1. The van der Waals surface area contributed by atoms with Crippen LogP contribution < -0.4 is 9.64 Å². The quantitative estimate of drug-likeness (QED) is 0.855. The molecule has 1 aromatic rings. The van der Waals surface area contributed by atoms with Gasteiger partial charge in [-0.15, -0.1) is 0 Å². The van der Waals surface area contributed by atoms with Crippen LogP contribution in [0.15, 0.2) is 24.3 Å². The van der Waals surface area contributed by atoms with Crippen LogP contribution in [0, 0.1) is 5.92 Å². The van der Waals surface area contributed by atoms with E-state index in [9.17, 15) is 9.59 Å². The summed E-state index contributed by atoms with van der Waals surface area (Å²) in [5, 5.41) is 0. The maximum atomic E-state index is 12.6. The van der Waals surface area contributed by atoms with Crippen molar-refractivity contribution in [1.29, 1.82) is 0 Å². The van der Waals surface area contributed by atoms with Crippen molar-refractivity contribution in [2.45, 2.75) is 32.7 Å². The number of amides is 2. The summed E-state index contributed by atoms with van der Waals surface area (Å²) in [5.74, 6) is 1.10. The molecule has 1 aromatic carbocycles. The lowest BCUT2D eigenvalue weighted by Crippen LogP contribution is -2.58. The molecule has 1 aliphatic carbocycles. The molecule has 0 radical (unpaired) electrons. The molecule has 0 spiro atoms. The second-order valence-corrected chi connectivity index (χ2v) is 5.90. The maximum Gasteiger partial charge on any atom is 0.249 e. The number of piperazine rings is 1. The van der Waals surface area contributed by atoms with Crippen molar-refractivity contribution in [2.24, 2.45) is 5.92 Å². The van der Waals surface area contributed by atoms with Crippen molar-refractivity contribution in [2.75, 3.05) is 24.6 Å². The molecule has 0 bridgehead atoms. The van der Waals surface area contributed by atoms with Crippen LogP contribution in [0.2, 0.25) is 0 Å². The van der Waals surface area contributed by atoms with E-state index in [1.807, 2.05) is 38.1 Å². The van der Waals surface area contributed by atoms with Gasteiger partial charge in [0.15, 0.2) is 0 Å². The molecule has 1 atom stereocenters. The molecule has 22 heavy (non-hydrogen) atoms. The Morgan fingerprint density at radius 1 is 1.23 bits per heavy atom. The summed E-state index contributed by atoms with van der Waals surface area (Å²) in [6.07, 6.45) is 1.94. The Balaban J connectivity index is 1.71. The Bertz CT molecular complexity index is 566. The van der Waals surface area contributed by atoms with E-state index in [0.717, 1.165) is 24.3 Å². The molecule has 1 aliphatic heterocycles. The number of anilines is 1. The molecular weight excluding hydrogens is 280 g/mol. The molecule has 2 amide bonds. The van der Waals surface area contributed by atoms with Gasteiger partial charge in [0.05, 0.1) is 6.61 Å². The van der Waals surface area contributed by atoms with Crippen LogP contribution >= 0.6 is 0 Å². The number of nitrogens with zero attached hydrogens (tertiary/aromatic N) is 2. The fourth-order valence-corrected chi connectivity index (χ4v) is 2.88. The lowest BCUT2D eigenvalue weighted by Gasteiger charge is -2.39. The first-order valence-corrected chi connectivity index (χ1v) is 7.96. The van der Waals surface area contributed by atoms with E-state index in [2.05, 4.69) is 0 Å². The highest BCUT2D eigenvalue weighted by Gasteiger charge is 2.40. The van der Waals surface area contributed by atoms with Gasteiger partial charge in [-0.2, -0.15) is 0 Å². The first kappa shape index (κ1) is 14.9. The molecule has 118 valence electrons. The first-order valence-electron chi connectivity index (χ1n) is 7.96. The zero-order valence-electron chi connectivity index (χ0n) is 13.1. The summed E-state index contributed by atoms with van der Waals surface area (Å²) in [6, 6.07) is 7.16. The predicted octanol–water partition coefficient (Wildman–Crippen LogP) is 2.06. The molecule has 1 saturated heterocycles. The largest absolute Gasteiger partial charge is 0.494 e. The highest BCUT2D eigenvalue weighted by Crippen LogP contribution is 2.33. The van der Waals surface area contributed by atoms with Crippen LogP contribution in [0.4, 0.5) is 5.69 Å². The summed E-state index contributed by atoms with van der Waals surface area (Å²) >= 11 is 0. The number of benzene rings is 1. The number of carbonyl (C=O) groups is 2. The van der Waals surface area contributed by atoms with E-state index in [4.69, 9.17) is 4.74 Å². The van der Waals surface area contributed by atoms with Crippen LogP contribution in [0.3, 0.4) is 0 Å². The maximum absolute atomic E-state index is 12.6. The Morgan fingerprint density at radius 2 is 1.91 bits per heavy atom. The van der Waals surface area contributed by atoms with E-state index in [0.29, 0.717) is 19.7 Å². The average Bonchev–Trinajstić information content (AvgIpc) is 3.35. The Morgan fingerprint density at radius 3 is 2.50 bits per heavy atom. The molecule has 1 heterocycles. The average molecular weight is 302 g/mol. The molecule has 2 aliphatic rings. The van der Waals surface area contributed by atoms with Crippen LogP contribution in [0.5, 0.6) is 5.75 Å². The van der Waals surface area contributed by atoms with Gasteiger partial charge in [-0.25, -0.2) is 0 Å². The van der Waals surface area contributed by atoms with Gasteiger partial charge in [0, 0.05) is 24.7 Å². The fraction of sp³-hybridized carbons (Fsp3) is 0.529. The summed E-state index contributed by atoms with van der Waals surface area (Å²) < 4.78 is 5.42. The minimum Gasteiger partial charge on any atom is -0.494 e. The van der Waals surface area contributed by atoms with Gasteiger partial charge < -0.3 is 14.5 Å². The lowest BCUT2D eigenvalue weighted by molar-refractivity contribution is -0.141. The topological polar surface area (TPSA) is 49.9 Å². The number of hydrogen-bond donors (Lipinski definition) is 0. The molecule has 2 fully saturated rings. The molecule has 5 heteroatoms. The highest BCUT2D eigenvalue weighted by atomic mass is 16.5. The minimum atomic E-state index is -0.381. The van der Waals surface area contributed by atoms with Crippen LogP contribution in [0.1, 0.15) is 26.7 Å². The van der Waals surface area contributed by atoms with Gasteiger partial charge in [-0.05, 0) is 51.0 Å². The Hall–Kier alpha value is -2.04. The minimum absolute atomic E-state index is 0.00981. The zero-order valence-corrected chi connectivity index (χ0v) is 13.1. The van der Waals surface area contributed by atoms with Crippen molar-refractivity contribution in [1.82, 2.24) is 4.90 Å². The number of carbonyl (C=O) groups excluding carboxylic acids is 2. The van der Waals surface area contributed by atoms with Crippen molar-refractivity contribution in [3.05, 3.63) is 24.3 Å². The van der Waals surface area contributed by atoms with E-state index in [-0.39, 0.29) is 23.8 Å². The van der Waals surface area contributed by atoms with E-state index in [1.54, 1.807) is 9.80 Å². The Labute approximate surface area is 130 Å². The van der Waals surface area contributed by atoms with E-state index in [1.165, 1.54) is 0 Å². The predicted molar refractivity (Wildman–Crippen MR) is 83.9 cm³/mol. The summed E-state index contributed by atoms with van der Waals surface area (Å²) in [7, 11) is 0. The number of hydrogen-bond acceptors (Lipinski definition) is 3. The van der Waals surface area contributed by atoms with Gasteiger partial charge in [0.1, 0.15) is 11.8 Å². The van der Waals surface area contributed by atoms with Crippen molar-refractivity contribution >= 4 is 17.5 Å². The molecule has 0 aromatic heterocycles. The molecule has 0 unspecified atom stereocenters.